The first kappa shape index (κ1) is 15.9. The zero-order valence-corrected chi connectivity index (χ0v) is 14.3. The minimum atomic E-state index is 0.146. The number of fused-ring (bicyclic) bond motifs is 1. The van der Waals surface area contributed by atoms with Gasteiger partial charge in [0.25, 0.3) is 0 Å². The van der Waals surface area contributed by atoms with Crippen LogP contribution in [0.4, 0.5) is 5.69 Å². The minimum Gasteiger partial charge on any atom is -0.306 e. The summed E-state index contributed by atoms with van der Waals surface area (Å²) in [5, 5.41) is 0. The molecular formula is C21H23N3O. The van der Waals surface area contributed by atoms with Crippen LogP contribution < -0.4 is 4.90 Å². The van der Waals surface area contributed by atoms with E-state index in [-0.39, 0.29) is 11.8 Å². The summed E-state index contributed by atoms with van der Waals surface area (Å²) in [6.07, 6.45) is 9.47. The molecule has 4 heteroatoms. The molecule has 0 atom stereocenters. The van der Waals surface area contributed by atoms with Crippen molar-refractivity contribution in [2.24, 2.45) is 5.92 Å². The highest BCUT2D eigenvalue weighted by molar-refractivity contribution is 5.95. The van der Waals surface area contributed by atoms with Gasteiger partial charge in [0.2, 0.25) is 5.91 Å². The molecule has 1 saturated carbocycles. The summed E-state index contributed by atoms with van der Waals surface area (Å²) >= 11 is 0. The molecule has 128 valence electrons. The van der Waals surface area contributed by atoms with Crippen LogP contribution in [0.15, 0.2) is 60.9 Å². The van der Waals surface area contributed by atoms with E-state index in [0.717, 1.165) is 42.7 Å². The van der Waals surface area contributed by atoms with Crippen molar-refractivity contribution in [3.8, 4) is 0 Å². The molecule has 0 unspecified atom stereocenters. The van der Waals surface area contributed by atoms with Crippen LogP contribution in [0.5, 0.6) is 0 Å². The lowest BCUT2D eigenvalue weighted by molar-refractivity contribution is -0.123. The first-order chi connectivity index (χ1) is 12.3. The predicted octanol–water partition coefficient (Wildman–Crippen LogP) is 4.45. The standard InChI is InChI=1S/C21H23N3O/c25-21(17-9-3-1-4-10-17)24(18-11-5-2-6-12-18)16-19-15-22-20-13-7-8-14-23(19)20/h2,5-8,11-15,17H,1,3-4,9-10,16H2. The monoisotopic (exact) mass is 333 g/mol. The van der Waals surface area contributed by atoms with Gasteiger partial charge in [0.1, 0.15) is 5.65 Å². The summed E-state index contributed by atoms with van der Waals surface area (Å²) < 4.78 is 2.06. The lowest BCUT2D eigenvalue weighted by atomic mass is 9.88. The molecule has 3 aromatic rings. The Labute approximate surface area is 148 Å². The number of imidazole rings is 1. The minimum absolute atomic E-state index is 0.146. The van der Waals surface area contributed by atoms with Crippen LogP contribution in [0, 0.1) is 5.92 Å². The van der Waals surface area contributed by atoms with E-state index in [4.69, 9.17) is 0 Å². The third-order valence-corrected chi connectivity index (χ3v) is 5.10. The highest BCUT2D eigenvalue weighted by Gasteiger charge is 2.27. The van der Waals surface area contributed by atoms with Crippen LogP contribution in [0.3, 0.4) is 0 Å². The predicted molar refractivity (Wildman–Crippen MR) is 99.4 cm³/mol. The summed E-state index contributed by atoms with van der Waals surface area (Å²) in [5.74, 6) is 0.393. The summed E-state index contributed by atoms with van der Waals surface area (Å²) in [6, 6.07) is 16.0. The number of carbonyl (C=O) groups excluding carboxylic acids is 1. The molecule has 0 radical (unpaired) electrons. The lowest BCUT2D eigenvalue weighted by Gasteiger charge is -2.29. The molecule has 1 amide bonds. The Morgan fingerprint density at radius 1 is 1.04 bits per heavy atom. The molecule has 1 aliphatic carbocycles. The maximum atomic E-state index is 13.3. The average molecular weight is 333 g/mol. The maximum absolute atomic E-state index is 13.3. The van der Waals surface area contributed by atoms with E-state index in [1.54, 1.807) is 0 Å². The first-order valence-corrected chi connectivity index (χ1v) is 9.10. The SMILES string of the molecule is O=C(C1CCCCC1)N(Cc1cnc2ccccn12)c1ccccc1. The van der Waals surface area contributed by atoms with Gasteiger partial charge in [-0.05, 0) is 37.1 Å². The second kappa shape index (κ2) is 7.09. The van der Waals surface area contributed by atoms with Crippen LogP contribution in [-0.4, -0.2) is 15.3 Å². The fraction of sp³-hybridized carbons (Fsp3) is 0.333. The highest BCUT2D eigenvalue weighted by atomic mass is 16.2. The number of carbonyl (C=O) groups is 1. The number of hydrogen-bond acceptors (Lipinski definition) is 2. The topological polar surface area (TPSA) is 37.6 Å². The van der Waals surface area contributed by atoms with Gasteiger partial charge in [0, 0.05) is 17.8 Å². The number of benzene rings is 1. The molecule has 1 fully saturated rings. The molecule has 4 nitrogen and oxygen atoms in total. The quantitative estimate of drug-likeness (QED) is 0.707. The van der Waals surface area contributed by atoms with Crippen LogP contribution >= 0.6 is 0 Å². The molecule has 0 N–H and O–H groups in total. The molecular weight excluding hydrogens is 310 g/mol. The van der Waals surface area contributed by atoms with Crippen molar-refractivity contribution < 1.29 is 4.79 Å². The zero-order chi connectivity index (χ0) is 17.1. The second-order valence-electron chi connectivity index (χ2n) is 6.77. The number of para-hydroxylation sites is 1. The first-order valence-electron chi connectivity index (χ1n) is 9.10. The summed E-state index contributed by atoms with van der Waals surface area (Å²) in [4.78, 5) is 19.7. The molecule has 2 heterocycles. The number of hydrogen-bond donors (Lipinski definition) is 0. The second-order valence-corrected chi connectivity index (χ2v) is 6.77. The van der Waals surface area contributed by atoms with E-state index in [9.17, 15) is 4.79 Å². The third kappa shape index (κ3) is 3.29. The van der Waals surface area contributed by atoms with E-state index in [2.05, 4.69) is 9.38 Å². The molecule has 0 saturated heterocycles. The molecule has 1 aliphatic rings. The Hall–Kier alpha value is -2.62. The lowest BCUT2D eigenvalue weighted by Crippen LogP contribution is -2.37. The van der Waals surface area contributed by atoms with Gasteiger partial charge < -0.3 is 9.30 Å². The van der Waals surface area contributed by atoms with Crippen LogP contribution in [0.25, 0.3) is 5.65 Å². The number of rotatable bonds is 4. The molecule has 0 aliphatic heterocycles. The van der Waals surface area contributed by atoms with Gasteiger partial charge in [-0.15, -0.1) is 0 Å². The summed E-state index contributed by atoms with van der Waals surface area (Å²) in [6.45, 7) is 0.546. The Bertz CT molecular complexity index is 850. The molecule has 2 aromatic heterocycles. The highest BCUT2D eigenvalue weighted by Crippen LogP contribution is 2.28. The number of nitrogens with zero attached hydrogens (tertiary/aromatic N) is 3. The molecule has 1 aromatic carbocycles. The third-order valence-electron chi connectivity index (χ3n) is 5.10. The van der Waals surface area contributed by atoms with Crippen molar-refractivity contribution >= 4 is 17.2 Å². The molecule has 4 rings (SSSR count). The normalized spacial score (nSPS) is 15.4. The van der Waals surface area contributed by atoms with Crippen molar-refractivity contribution in [1.29, 1.82) is 0 Å². The smallest absolute Gasteiger partial charge is 0.230 e. The van der Waals surface area contributed by atoms with Gasteiger partial charge in [0.15, 0.2) is 0 Å². The molecule has 25 heavy (non-hydrogen) atoms. The Morgan fingerprint density at radius 2 is 1.80 bits per heavy atom. The van der Waals surface area contributed by atoms with E-state index < -0.39 is 0 Å². The number of anilines is 1. The van der Waals surface area contributed by atoms with Crippen molar-refractivity contribution in [2.45, 2.75) is 38.6 Å². The van der Waals surface area contributed by atoms with Crippen LogP contribution in [0.1, 0.15) is 37.8 Å². The Morgan fingerprint density at radius 3 is 2.60 bits per heavy atom. The number of aromatic nitrogens is 2. The van der Waals surface area contributed by atoms with E-state index in [1.807, 2.05) is 65.8 Å². The van der Waals surface area contributed by atoms with Crippen molar-refractivity contribution in [3.63, 3.8) is 0 Å². The summed E-state index contributed by atoms with van der Waals surface area (Å²) in [5.41, 5.74) is 2.91. The zero-order valence-electron chi connectivity index (χ0n) is 14.3. The Kier molecular flexibility index (Phi) is 4.51. The average Bonchev–Trinajstić information content (AvgIpc) is 3.10. The van der Waals surface area contributed by atoms with E-state index in [1.165, 1.54) is 6.42 Å². The number of amides is 1. The van der Waals surface area contributed by atoms with Crippen molar-refractivity contribution in [2.75, 3.05) is 4.90 Å². The van der Waals surface area contributed by atoms with Crippen LogP contribution in [-0.2, 0) is 11.3 Å². The van der Waals surface area contributed by atoms with Gasteiger partial charge in [-0.25, -0.2) is 4.98 Å². The van der Waals surface area contributed by atoms with Crippen molar-refractivity contribution in [1.82, 2.24) is 9.38 Å². The van der Waals surface area contributed by atoms with Gasteiger partial charge in [-0.1, -0.05) is 43.5 Å². The van der Waals surface area contributed by atoms with Gasteiger partial charge >= 0.3 is 0 Å². The van der Waals surface area contributed by atoms with Gasteiger partial charge in [0.05, 0.1) is 18.4 Å². The van der Waals surface area contributed by atoms with E-state index >= 15 is 0 Å². The van der Waals surface area contributed by atoms with Gasteiger partial charge in [-0.3, -0.25) is 4.79 Å². The molecule has 0 bridgehead atoms. The molecule has 0 spiro atoms. The number of pyridine rings is 1. The largest absolute Gasteiger partial charge is 0.306 e. The van der Waals surface area contributed by atoms with Crippen molar-refractivity contribution in [3.05, 3.63) is 66.6 Å². The maximum Gasteiger partial charge on any atom is 0.230 e. The fourth-order valence-corrected chi connectivity index (χ4v) is 3.74. The summed E-state index contributed by atoms with van der Waals surface area (Å²) in [7, 11) is 0. The fourth-order valence-electron chi connectivity index (χ4n) is 3.74. The van der Waals surface area contributed by atoms with E-state index in [0.29, 0.717) is 6.54 Å². The van der Waals surface area contributed by atoms with Gasteiger partial charge in [-0.2, -0.15) is 0 Å². The Balaban J connectivity index is 1.66. The van der Waals surface area contributed by atoms with Crippen LogP contribution in [0.2, 0.25) is 0 Å².